The summed E-state index contributed by atoms with van der Waals surface area (Å²) < 4.78 is 7.74. The van der Waals surface area contributed by atoms with E-state index in [4.69, 9.17) is 4.74 Å². The molecule has 1 amide bonds. The molecule has 0 saturated carbocycles. The first-order valence-electron chi connectivity index (χ1n) is 9.23. The average Bonchev–Trinajstić information content (AvgIpc) is 2.99. The Balaban J connectivity index is 1.50. The van der Waals surface area contributed by atoms with Gasteiger partial charge in [0.15, 0.2) is 0 Å². The van der Waals surface area contributed by atoms with Crippen molar-refractivity contribution in [2.75, 3.05) is 23.3 Å². The topological polar surface area (TPSA) is 59.4 Å². The fraction of sp³-hybridized carbons (Fsp3) is 0.333. The summed E-state index contributed by atoms with van der Waals surface area (Å²) in [4.78, 5) is 19.5. The highest BCUT2D eigenvalue weighted by molar-refractivity contribution is 6.12. The largest absolute Gasteiger partial charge is 0.372 e. The van der Waals surface area contributed by atoms with Crippen LogP contribution in [0.2, 0.25) is 0 Å². The zero-order chi connectivity index (χ0) is 19.0. The molecule has 4 rings (SSSR count). The number of nitrogens with one attached hydrogen (secondary N) is 1. The van der Waals surface area contributed by atoms with Crippen LogP contribution >= 0.6 is 0 Å². The zero-order valence-electron chi connectivity index (χ0n) is 15.8. The molecule has 140 valence electrons. The van der Waals surface area contributed by atoms with Crippen LogP contribution in [0.3, 0.4) is 0 Å². The van der Waals surface area contributed by atoms with Gasteiger partial charge in [-0.25, -0.2) is 4.98 Å². The maximum atomic E-state index is 12.7. The van der Waals surface area contributed by atoms with Gasteiger partial charge in [0.05, 0.1) is 29.7 Å². The van der Waals surface area contributed by atoms with Gasteiger partial charge in [0.25, 0.3) is 5.91 Å². The van der Waals surface area contributed by atoms with Gasteiger partial charge in [-0.3, -0.25) is 4.79 Å². The number of hydrogen-bond acceptors (Lipinski definition) is 4. The van der Waals surface area contributed by atoms with Crippen LogP contribution in [-0.4, -0.2) is 40.8 Å². The van der Waals surface area contributed by atoms with E-state index < -0.39 is 0 Å². The van der Waals surface area contributed by atoms with Crippen molar-refractivity contribution in [3.8, 4) is 0 Å². The van der Waals surface area contributed by atoms with Crippen molar-refractivity contribution < 1.29 is 9.53 Å². The summed E-state index contributed by atoms with van der Waals surface area (Å²) in [5.41, 5.74) is 2.38. The van der Waals surface area contributed by atoms with Crippen molar-refractivity contribution in [2.24, 2.45) is 7.05 Å². The van der Waals surface area contributed by atoms with E-state index >= 15 is 0 Å². The summed E-state index contributed by atoms with van der Waals surface area (Å²) in [5, 5.41) is 3.90. The van der Waals surface area contributed by atoms with Gasteiger partial charge in [-0.2, -0.15) is 0 Å². The first-order valence-corrected chi connectivity index (χ1v) is 9.23. The molecule has 6 heteroatoms. The van der Waals surface area contributed by atoms with E-state index in [1.54, 1.807) is 6.20 Å². The van der Waals surface area contributed by atoms with E-state index in [9.17, 15) is 4.79 Å². The molecule has 27 heavy (non-hydrogen) atoms. The monoisotopic (exact) mass is 364 g/mol. The highest BCUT2D eigenvalue weighted by Crippen LogP contribution is 2.23. The van der Waals surface area contributed by atoms with Crippen molar-refractivity contribution in [1.82, 2.24) is 9.55 Å². The number of amides is 1. The van der Waals surface area contributed by atoms with Crippen molar-refractivity contribution in [3.63, 3.8) is 0 Å². The predicted molar refractivity (Wildman–Crippen MR) is 107 cm³/mol. The van der Waals surface area contributed by atoms with Crippen LogP contribution in [0, 0.1) is 0 Å². The summed E-state index contributed by atoms with van der Waals surface area (Å²) in [6.07, 6.45) is 3.93. The Hall–Kier alpha value is -2.86. The number of fused-ring (bicyclic) bond motifs is 1. The molecular formula is C21H24N4O2. The average molecular weight is 364 g/mol. The summed E-state index contributed by atoms with van der Waals surface area (Å²) in [6.45, 7) is 5.78. The highest BCUT2D eigenvalue weighted by Gasteiger charge is 2.23. The van der Waals surface area contributed by atoms with E-state index in [2.05, 4.69) is 29.0 Å². The third-order valence-electron chi connectivity index (χ3n) is 4.89. The third-order valence-corrected chi connectivity index (χ3v) is 4.89. The first-order chi connectivity index (χ1) is 13.0. The number of carbonyl (C=O) groups excluding carboxylic acids is 1. The molecule has 3 heterocycles. The lowest BCUT2D eigenvalue weighted by Gasteiger charge is -2.36. The number of aromatic nitrogens is 2. The van der Waals surface area contributed by atoms with Crippen LogP contribution in [0.25, 0.3) is 10.9 Å². The van der Waals surface area contributed by atoms with Crippen LogP contribution in [0.15, 0.2) is 48.8 Å². The molecule has 0 spiro atoms. The van der Waals surface area contributed by atoms with Gasteiger partial charge in [0.2, 0.25) is 0 Å². The van der Waals surface area contributed by atoms with E-state index in [0.29, 0.717) is 11.3 Å². The summed E-state index contributed by atoms with van der Waals surface area (Å²) >= 11 is 0. The molecular weight excluding hydrogens is 340 g/mol. The SMILES string of the molecule is C[C@@H]1CN(c2ccc(NC(=O)c3cn(C)c4ccccc34)cn2)C[C@@H](C)O1. The van der Waals surface area contributed by atoms with Crippen LogP contribution < -0.4 is 10.2 Å². The molecule has 1 saturated heterocycles. The fourth-order valence-electron chi connectivity index (χ4n) is 3.73. The third kappa shape index (κ3) is 3.53. The maximum Gasteiger partial charge on any atom is 0.257 e. The Morgan fingerprint density at radius 3 is 2.59 bits per heavy atom. The molecule has 1 aliphatic rings. The Kier molecular flexibility index (Phi) is 4.58. The van der Waals surface area contributed by atoms with Gasteiger partial charge >= 0.3 is 0 Å². The number of para-hydroxylation sites is 1. The highest BCUT2D eigenvalue weighted by atomic mass is 16.5. The van der Waals surface area contributed by atoms with Gasteiger partial charge < -0.3 is 19.5 Å². The van der Waals surface area contributed by atoms with Gasteiger partial charge in [0.1, 0.15) is 5.82 Å². The van der Waals surface area contributed by atoms with Crippen molar-refractivity contribution in [2.45, 2.75) is 26.1 Å². The van der Waals surface area contributed by atoms with E-state index in [1.165, 1.54) is 0 Å². The summed E-state index contributed by atoms with van der Waals surface area (Å²) in [7, 11) is 1.94. The Morgan fingerprint density at radius 2 is 1.89 bits per heavy atom. The molecule has 2 aromatic heterocycles. The zero-order valence-corrected chi connectivity index (χ0v) is 15.8. The maximum absolute atomic E-state index is 12.7. The van der Waals surface area contributed by atoms with Gasteiger partial charge in [-0.05, 0) is 32.0 Å². The van der Waals surface area contributed by atoms with Gasteiger partial charge in [-0.15, -0.1) is 0 Å². The molecule has 1 aliphatic heterocycles. The quantitative estimate of drug-likeness (QED) is 0.773. The lowest BCUT2D eigenvalue weighted by Crippen LogP contribution is -2.45. The molecule has 1 aromatic carbocycles. The number of ether oxygens (including phenoxy) is 1. The van der Waals surface area contributed by atoms with Crippen molar-refractivity contribution in [1.29, 1.82) is 0 Å². The van der Waals surface area contributed by atoms with Crippen LogP contribution in [0.5, 0.6) is 0 Å². The standard InChI is InChI=1S/C21H24N4O2/c1-14-11-25(12-15(2)27-14)20-9-8-16(10-22-20)23-21(26)18-13-24(3)19-7-5-4-6-17(18)19/h4-10,13-15H,11-12H2,1-3H3,(H,23,26)/t14-,15-/m1/s1. The minimum atomic E-state index is -0.130. The molecule has 3 aromatic rings. The smallest absolute Gasteiger partial charge is 0.257 e. The number of benzene rings is 1. The molecule has 6 nitrogen and oxygen atoms in total. The number of morpholine rings is 1. The number of carbonyl (C=O) groups is 1. The van der Waals surface area contributed by atoms with Crippen LogP contribution in [-0.2, 0) is 11.8 Å². The van der Waals surface area contributed by atoms with Crippen molar-refractivity contribution in [3.05, 3.63) is 54.4 Å². The minimum absolute atomic E-state index is 0.130. The molecule has 0 radical (unpaired) electrons. The number of nitrogens with zero attached hydrogens (tertiary/aromatic N) is 3. The van der Waals surface area contributed by atoms with Gasteiger partial charge in [0, 0.05) is 37.2 Å². The molecule has 1 fully saturated rings. The van der Waals surface area contributed by atoms with E-state index in [-0.39, 0.29) is 18.1 Å². The summed E-state index contributed by atoms with van der Waals surface area (Å²) in [6, 6.07) is 11.7. The molecule has 2 atom stereocenters. The fourth-order valence-corrected chi connectivity index (χ4v) is 3.73. The second-order valence-electron chi connectivity index (χ2n) is 7.19. The number of anilines is 2. The van der Waals surface area contributed by atoms with E-state index in [1.807, 2.05) is 54.2 Å². The van der Waals surface area contributed by atoms with Crippen LogP contribution in [0.4, 0.5) is 11.5 Å². The second kappa shape index (κ2) is 7.04. The van der Waals surface area contributed by atoms with E-state index in [0.717, 1.165) is 29.8 Å². The minimum Gasteiger partial charge on any atom is -0.372 e. The van der Waals surface area contributed by atoms with Crippen molar-refractivity contribution >= 4 is 28.3 Å². The Labute approximate surface area is 158 Å². The molecule has 0 unspecified atom stereocenters. The molecule has 0 bridgehead atoms. The normalized spacial score (nSPS) is 20.0. The van der Waals surface area contributed by atoms with Crippen LogP contribution in [0.1, 0.15) is 24.2 Å². The Bertz CT molecular complexity index is 954. The predicted octanol–water partition coefficient (Wildman–Crippen LogP) is 3.44. The number of pyridine rings is 1. The number of rotatable bonds is 3. The lowest BCUT2D eigenvalue weighted by atomic mass is 10.1. The van der Waals surface area contributed by atoms with Gasteiger partial charge in [-0.1, -0.05) is 18.2 Å². The molecule has 0 aliphatic carbocycles. The number of hydrogen-bond donors (Lipinski definition) is 1. The lowest BCUT2D eigenvalue weighted by molar-refractivity contribution is -0.00545. The number of aryl methyl sites for hydroxylation is 1. The summed E-state index contributed by atoms with van der Waals surface area (Å²) in [5.74, 6) is 0.773. The first kappa shape index (κ1) is 17.5. The molecule has 1 N–H and O–H groups in total. The second-order valence-corrected chi connectivity index (χ2v) is 7.19. The Morgan fingerprint density at radius 1 is 1.15 bits per heavy atom.